The Bertz CT molecular complexity index is 800. The molecule has 0 aliphatic carbocycles. The molecule has 2 heterocycles. The first-order chi connectivity index (χ1) is 11.6. The number of rotatable bonds is 4. The van der Waals surface area contributed by atoms with E-state index in [0.717, 1.165) is 5.56 Å². The van der Waals surface area contributed by atoms with Gasteiger partial charge < -0.3 is 4.52 Å². The third-order valence-electron chi connectivity index (χ3n) is 3.86. The number of benzene rings is 1. The molecule has 0 saturated carbocycles. The largest absolute Gasteiger partial charge is 0.364 e. The van der Waals surface area contributed by atoms with Crippen LogP contribution in [-0.2, 0) is 15.8 Å². The van der Waals surface area contributed by atoms with E-state index in [4.69, 9.17) is 0 Å². The Kier molecular flexibility index (Phi) is 5.30. The fraction of sp³-hybridized carbons (Fsp3) is 0.353. The van der Waals surface area contributed by atoms with Crippen molar-refractivity contribution in [1.82, 2.24) is 14.4 Å². The van der Waals surface area contributed by atoms with Gasteiger partial charge in [0.2, 0.25) is 10.0 Å². The number of hydrogen-bond donors (Lipinski definition) is 0. The van der Waals surface area contributed by atoms with Gasteiger partial charge in [0, 0.05) is 37.8 Å². The van der Waals surface area contributed by atoms with Crippen molar-refractivity contribution in [1.29, 1.82) is 0 Å². The Labute approximate surface area is 142 Å². The van der Waals surface area contributed by atoms with E-state index in [1.165, 1.54) is 10.6 Å². The molecule has 1 aromatic heterocycles. The summed E-state index contributed by atoms with van der Waals surface area (Å²) in [6, 6.07) is 11.4. The molecule has 1 aromatic carbocycles. The lowest BCUT2D eigenvalue weighted by Gasteiger charge is -2.32. The smallest absolute Gasteiger partial charge is 0.220 e. The second kappa shape index (κ2) is 7.62. The highest BCUT2D eigenvalue weighted by molar-refractivity contribution is 7.88. The fourth-order valence-corrected chi connectivity index (χ4v) is 3.96. The van der Waals surface area contributed by atoms with E-state index in [2.05, 4.69) is 26.4 Å². The lowest BCUT2D eigenvalue weighted by atomic mass is 10.2. The van der Waals surface area contributed by atoms with E-state index < -0.39 is 10.0 Å². The minimum absolute atomic E-state index is 0.114. The van der Waals surface area contributed by atoms with Crippen molar-refractivity contribution in [3.05, 3.63) is 53.9 Å². The van der Waals surface area contributed by atoms with Crippen molar-refractivity contribution >= 4 is 10.0 Å². The van der Waals surface area contributed by atoms with Crippen molar-refractivity contribution in [2.45, 2.75) is 5.75 Å². The summed E-state index contributed by atoms with van der Waals surface area (Å²) in [6.07, 6.45) is 1.38. The van der Waals surface area contributed by atoms with Crippen LogP contribution >= 0.6 is 0 Å². The molecule has 7 heteroatoms. The van der Waals surface area contributed by atoms with E-state index in [1.54, 1.807) is 6.07 Å². The molecule has 0 amide bonds. The van der Waals surface area contributed by atoms with Gasteiger partial charge in [0.15, 0.2) is 0 Å². The molecule has 0 radical (unpaired) electrons. The molecule has 1 aliphatic rings. The summed E-state index contributed by atoms with van der Waals surface area (Å²) in [5.41, 5.74) is 1.43. The molecule has 0 N–H and O–H groups in total. The van der Waals surface area contributed by atoms with Gasteiger partial charge in [-0.2, -0.15) is 4.31 Å². The molecule has 6 nitrogen and oxygen atoms in total. The molecular formula is C17H19N3O3S. The molecule has 1 fully saturated rings. The third kappa shape index (κ3) is 4.45. The summed E-state index contributed by atoms with van der Waals surface area (Å²) >= 11 is 0. The second-order valence-electron chi connectivity index (χ2n) is 5.59. The van der Waals surface area contributed by atoms with Crippen molar-refractivity contribution in [3.63, 3.8) is 0 Å². The normalized spacial score (nSPS) is 16.5. The maximum Gasteiger partial charge on any atom is 0.220 e. The number of sulfonamides is 1. The molecule has 1 saturated heterocycles. The summed E-state index contributed by atoms with van der Waals surface area (Å²) in [5.74, 6) is 6.15. The highest BCUT2D eigenvalue weighted by Crippen LogP contribution is 2.12. The Morgan fingerprint density at radius 1 is 1.08 bits per heavy atom. The first kappa shape index (κ1) is 16.7. The molecule has 0 bridgehead atoms. The fourth-order valence-electron chi connectivity index (χ4n) is 2.53. The number of aromatic nitrogens is 1. The molecule has 0 atom stereocenters. The van der Waals surface area contributed by atoms with Crippen molar-refractivity contribution in [3.8, 4) is 11.8 Å². The van der Waals surface area contributed by atoms with E-state index in [1.807, 2.05) is 30.3 Å². The third-order valence-corrected chi connectivity index (χ3v) is 5.67. The zero-order valence-electron chi connectivity index (χ0n) is 13.3. The van der Waals surface area contributed by atoms with Crippen LogP contribution in [0.15, 0.2) is 47.2 Å². The van der Waals surface area contributed by atoms with Gasteiger partial charge in [-0.3, -0.25) is 4.90 Å². The van der Waals surface area contributed by atoms with E-state index >= 15 is 0 Å². The van der Waals surface area contributed by atoms with Crippen molar-refractivity contribution < 1.29 is 12.9 Å². The van der Waals surface area contributed by atoms with Crippen LogP contribution in [0.2, 0.25) is 0 Å². The average molecular weight is 345 g/mol. The van der Waals surface area contributed by atoms with E-state index in [9.17, 15) is 8.42 Å². The lowest BCUT2D eigenvalue weighted by molar-refractivity contribution is 0.206. The van der Waals surface area contributed by atoms with E-state index in [-0.39, 0.29) is 5.75 Å². The maximum absolute atomic E-state index is 12.4. The van der Waals surface area contributed by atoms with Crippen LogP contribution in [0.1, 0.15) is 11.3 Å². The van der Waals surface area contributed by atoms with Gasteiger partial charge in [-0.15, -0.1) is 0 Å². The van der Waals surface area contributed by atoms with E-state index in [0.29, 0.717) is 38.4 Å². The molecule has 2 aromatic rings. The van der Waals surface area contributed by atoms with Gasteiger partial charge in [0.05, 0.1) is 12.2 Å². The van der Waals surface area contributed by atoms with Crippen molar-refractivity contribution in [2.75, 3.05) is 32.7 Å². The maximum atomic E-state index is 12.4. The van der Waals surface area contributed by atoms with Gasteiger partial charge in [-0.05, 0) is 12.1 Å². The predicted octanol–water partition coefficient (Wildman–Crippen LogP) is 1.17. The Balaban J connectivity index is 1.50. The zero-order valence-corrected chi connectivity index (χ0v) is 14.1. The summed E-state index contributed by atoms with van der Waals surface area (Å²) in [7, 11) is -3.35. The monoisotopic (exact) mass is 345 g/mol. The molecule has 1 aliphatic heterocycles. The lowest BCUT2D eigenvalue weighted by Crippen LogP contribution is -2.48. The van der Waals surface area contributed by atoms with Crippen LogP contribution in [0.25, 0.3) is 0 Å². The van der Waals surface area contributed by atoms with Gasteiger partial charge in [-0.25, -0.2) is 8.42 Å². The zero-order chi connectivity index (χ0) is 16.8. The quantitative estimate of drug-likeness (QED) is 0.779. The van der Waals surface area contributed by atoms with Crippen LogP contribution < -0.4 is 0 Å². The Morgan fingerprint density at radius 3 is 2.50 bits per heavy atom. The molecular weight excluding hydrogens is 326 g/mol. The highest BCUT2D eigenvalue weighted by Gasteiger charge is 2.27. The molecule has 24 heavy (non-hydrogen) atoms. The SMILES string of the molecule is O=S(=O)(Cc1ccon1)N1CCN(CC#Cc2ccccc2)CC1. The van der Waals surface area contributed by atoms with Gasteiger partial charge >= 0.3 is 0 Å². The highest BCUT2D eigenvalue weighted by atomic mass is 32.2. The standard InChI is InChI=1S/C17H19N3O3S/c21-24(22,15-17-8-14-23-18-17)20-12-10-19(11-13-20)9-4-7-16-5-2-1-3-6-16/h1-3,5-6,8,14H,9-13,15H2. The molecule has 3 rings (SSSR count). The van der Waals surface area contributed by atoms with Gasteiger partial charge in [0.25, 0.3) is 0 Å². The first-order valence-corrected chi connectivity index (χ1v) is 9.38. The van der Waals surface area contributed by atoms with Crippen LogP contribution in [0.3, 0.4) is 0 Å². The minimum atomic E-state index is -3.35. The summed E-state index contributed by atoms with van der Waals surface area (Å²) in [4.78, 5) is 2.16. The van der Waals surface area contributed by atoms with Crippen LogP contribution in [0, 0.1) is 11.8 Å². The topological polar surface area (TPSA) is 66.7 Å². The molecule has 126 valence electrons. The van der Waals surface area contributed by atoms with Gasteiger partial charge in [-0.1, -0.05) is 35.2 Å². The Hall–Kier alpha value is -2.14. The van der Waals surface area contributed by atoms with Crippen LogP contribution in [0.4, 0.5) is 0 Å². The minimum Gasteiger partial charge on any atom is -0.364 e. The predicted molar refractivity (Wildman–Crippen MR) is 90.5 cm³/mol. The van der Waals surface area contributed by atoms with Crippen LogP contribution in [-0.4, -0.2) is 55.5 Å². The first-order valence-electron chi connectivity index (χ1n) is 7.77. The molecule has 0 unspecified atom stereocenters. The second-order valence-corrected chi connectivity index (χ2v) is 7.56. The summed E-state index contributed by atoms with van der Waals surface area (Å²) in [5, 5.41) is 3.67. The number of nitrogens with zero attached hydrogens (tertiary/aromatic N) is 3. The average Bonchev–Trinajstić information content (AvgIpc) is 3.09. The Morgan fingerprint density at radius 2 is 1.83 bits per heavy atom. The summed E-state index contributed by atoms with van der Waals surface area (Å²) < 4.78 is 30.9. The number of hydrogen-bond acceptors (Lipinski definition) is 5. The van der Waals surface area contributed by atoms with Gasteiger partial charge in [0.1, 0.15) is 12.0 Å². The molecule has 0 spiro atoms. The summed E-state index contributed by atoms with van der Waals surface area (Å²) in [6.45, 7) is 2.97. The van der Waals surface area contributed by atoms with Crippen molar-refractivity contribution in [2.24, 2.45) is 0 Å². The number of piperazine rings is 1. The van der Waals surface area contributed by atoms with Crippen LogP contribution in [0.5, 0.6) is 0 Å².